The summed E-state index contributed by atoms with van der Waals surface area (Å²) in [4.78, 5) is 12.1. The SMILES string of the molecule is COc1cc(C=CC(=O)NCc2ccc(C)cc2)ccc1OCc1c(C)noc1C. The molecular formula is C24H26N2O4. The Balaban J connectivity index is 1.59. The summed E-state index contributed by atoms with van der Waals surface area (Å²) in [6, 6.07) is 13.6. The molecule has 0 saturated heterocycles. The summed E-state index contributed by atoms with van der Waals surface area (Å²) in [6.45, 7) is 6.60. The molecule has 0 fully saturated rings. The first kappa shape index (κ1) is 21.2. The van der Waals surface area contributed by atoms with Crippen LogP contribution in [0, 0.1) is 20.8 Å². The van der Waals surface area contributed by atoms with E-state index in [2.05, 4.69) is 10.5 Å². The number of rotatable bonds is 8. The second-order valence-corrected chi connectivity index (χ2v) is 7.04. The lowest BCUT2D eigenvalue weighted by molar-refractivity contribution is -0.116. The second kappa shape index (κ2) is 9.78. The van der Waals surface area contributed by atoms with Gasteiger partial charge in [0.15, 0.2) is 11.5 Å². The van der Waals surface area contributed by atoms with Gasteiger partial charge in [-0.1, -0.05) is 41.1 Å². The number of hydrogen-bond donors (Lipinski definition) is 1. The predicted octanol–water partition coefficient (Wildman–Crippen LogP) is 4.52. The average molecular weight is 406 g/mol. The van der Waals surface area contributed by atoms with Crippen LogP contribution >= 0.6 is 0 Å². The highest BCUT2D eigenvalue weighted by molar-refractivity contribution is 5.91. The number of amides is 1. The molecule has 0 saturated carbocycles. The van der Waals surface area contributed by atoms with Crippen LogP contribution in [-0.4, -0.2) is 18.2 Å². The summed E-state index contributed by atoms with van der Waals surface area (Å²) in [7, 11) is 1.58. The highest BCUT2D eigenvalue weighted by atomic mass is 16.5. The molecule has 0 bridgehead atoms. The Morgan fingerprint density at radius 1 is 1.10 bits per heavy atom. The van der Waals surface area contributed by atoms with Crippen LogP contribution in [0.2, 0.25) is 0 Å². The molecule has 3 aromatic rings. The van der Waals surface area contributed by atoms with Gasteiger partial charge in [0.2, 0.25) is 5.91 Å². The van der Waals surface area contributed by atoms with Gasteiger partial charge in [0.05, 0.1) is 18.4 Å². The fourth-order valence-corrected chi connectivity index (χ4v) is 2.89. The number of carbonyl (C=O) groups is 1. The minimum atomic E-state index is -0.159. The zero-order chi connectivity index (χ0) is 21.5. The van der Waals surface area contributed by atoms with Gasteiger partial charge < -0.3 is 19.3 Å². The number of hydrogen-bond acceptors (Lipinski definition) is 5. The number of nitrogens with one attached hydrogen (secondary N) is 1. The smallest absolute Gasteiger partial charge is 0.244 e. The lowest BCUT2D eigenvalue weighted by Gasteiger charge is -2.11. The minimum absolute atomic E-state index is 0.159. The summed E-state index contributed by atoms with van der Waals surface area (Å²) >= 11 is 0. The zero-order valence-electron chi connectivity index (χ0n) is 17.7. The van der Waals surface area contributed by atoms with Crippen LogP contribution in [0.3, 0.4) is 0 Å². The van der Waals surface area contributed by atoms with Gasteiger partial charge in [-0.2, -0.15) is 0 Å². The van der Waals surface area contributed by atoms with Crippen molar-refractivity contribution in [1.29, 1.82) is 0 Å². The van der Waals surface area contributed by atoms with E-state index < -0.39 is 0 Å². The van der Waals surface area contributed by atoms with Crippen molar-refractivity contribution in [3.8, 4) is 11.5 Å². The Morgan fingerprint density at radius 2 is 1.87 bits per heavy atom. The van der Waals surface area contributed by atoms with Gasteiger partial charge in [-0.05, 0) is 50.1 Å². The van der Waals surface area contributed by atoms with E-state index in [1.807, 2.05) is 63.2 Å². The Kier molecular flexibility index (Phi) is 6.91. The summed E-state index contributed by atoms with van der Waals surface area (Å²) < 4.78 is 16.5. The van der Waals surface area contributed by atoms with Crippen LogP contribution in [0.4, 0.5) is 0 Å². The fourth-order valence-electron chi connectivity index (χ4n) is 2.89. The van der Waals surface area contributed by atoms with Crippen LogP contribution in [0.25, 0.3) is 6.08 Å². The van der Waals surface area contributed by atoms with E-state index in [1.165, 1.54) is 11.6 Å². The van der Waals surface area contributed by atoms with E-state index in [9.17, 15) is 4.79 Å². The lowest BCUT2D eigenvalue weighted by Crippen LogP contribution is -2.20. The van der Waals surface area contributed by atoms with Gasteiger partial charge in [-0.3, -0.25) is 4.79 Å². The number of nitrogens with zero attached hydrogens (tertiary/aromatic N) is 1. The van der Waals surface area contributed by atoms with E-state index in [0.29, 0.717) is 24.7 Å². The highest BCUT2D eigenvalue weighted by Gasteiger charge is 2.12. The maximum Gasteiger partial charge on any atom is 0.244 e. The van der Waals surface area contributed by atoms with Crippen LogP contribution in [0.15, 0.2) is 53.1 Å². The number of methoxy groups -OCH3 is 1. The Hall–Kier alpha value is -3.54. The number of aromatic nitrogens is 1. The first-order valence-corrected chi connectivity index (χ1v) is 9.70. The molecule has 0 aliphatic heterocycles. The van der Waals surface area contributed by atoms with Crippen LogP contribution < -0.4 is 14.8 Å². The number of ether oxygens (including phenoxy) is 2. The largest absolute Gasteiger partial charge is 0.493 e. The molecule has 1 heterocycles. The van der Waals surface area contributed by atoms with E-state index in [-0.39, 0.29) is 5.91 Å². The Bertz CT molecular complexity index is 1020. The number of aryl methyl sites for hydroxylation is 3. The molecule has 30 heavy (non-hydrogen) atoms. The van der Waals surface area contributed by atoms with E-state index in [0.717, 1.165) is 28.1 Å². The van der Waals surface area contributed by atoms with Gasteiger partial charge in [0.25, 0.3) is 0 Å². The summed E-state index contributed by atoms with van der Waals surface area (Å²) in [6.07, 6.45) is 3.25. The lowest BCUT2D eigenvalue weighted by atomic mass is 10.1. The van der Waals surface area contributed by atoms with Gasteiger partial charge in [-0.25, -0.2) is 0 Å². The van der Waals surface area contributed by atoms with Crippen LogP contribution in [0.5, 0.6) is 11.5 Å². The molecule has 0 spiro atoms. The monoisotopic (exact) mass is 406 g/mol. The van der Waals surface area contributed by atoms with Gasteiger partial charge in [-0.15, -0.1) is 0 Å². The quantitative estimate of drug-likeness (QED) is 0.557. The molecule has 0 atom stereocenters. The maximum atomic E-state index is 12.1. The molecule has 156 valence electrons. The van der Waals surface area contributed by atoms with Crippen molar-refractivity contribution >= 4 is 12.0 Å². The van der Waals surface area contributed by atoms with Gasteiger partial charge >= 0.3 is 0 Å². The average Bonchev–Trinajstić information content (AvgIpc) is 3.07. The van der Waals surface area contributed by atoms with Crippen LogP contribution in [-0.2, 0) is 17.9 Å². The van der Waals surface area contributed by atoms with Crippen molar-refractivity contribution in [3.05, 3.63) is 82.2 Å². The third-order valence-corrected chi connectivity index (χ3v) is 4.76. The molecule has 0 unspecified atom stereocenters. The summed E-state index contributed by atoms with van der Waals surface area (Å²) in [5.41, 5.74) is 4.82. The van der Waals surface area contributed by atoms with Crippen molar-refractivity contribution in [2.75, 3.05) is 7.11 Å². The van der Waals surface area contributed by atoms with E-state index in [1.54, 1.807) is 13.2 Å². The maximum absolute atomic E-state index is 12.1. The molecule has 0 aliphatic carbocycles. The first-order chi connectivity index (χ1) is 14.5. The predicted molar refractivity (Wildman–Crippen MR) is 115 cm³/mol. The van der Waals surface area contributed by atoms with Gasteiger partial charge in [0.1, 0.15) is 12.4 Å². The van der Waals surface area contributed by atoms with Crippen molar-refractivity contribution in [1.82, 2.24) is 10.5 Å². The molecule has 2 aromatic carbocycles. The molecule has 0 aliphatic rings. The molecule has 1 N–H and O–H groups in total. The highest BCUT2D eigenvalue weighted by Crippen LogP contribution is 2.30. The van der Waals surface area contributed by atoms with Crippen molar-refractivity contribution in [2.24, 2.45) is 0 Å². The molecular weight excluding hydrogens is 380 g/mol. The van der Waals surface area contributed by atoms with Crippen molar-refractivity contribution in [2.45, 2.75) is 33.9 Å². The molecule has 1 amide bonds. The Labute approximate surface area is 176 Å². The van der Waals surface area contributed by atoms with E-state index >= 15 is 0 Å². The second-order valence-electron chi connectivity index (χ2n) is 7.04. The van der Waals surface area contributed by atoms with Crippen LogP contribution in [0.1, 0.15) is 33.7 Å². The van der Waals surface area contributed by atoms with Gasteiger partial charge in [0, 0.05) is 12.6 Å². The third kappa shape index (κ3) is 5.50. The summed E-state index contributed by atoms with van der Waals surface area (Å²) in [5.74, 6) is 1.78. The molecule has 0 radical (unpaired) electrons. The van der Waals surface area contributed by atoms with Crippen molar-refractivity contribution in [3.63, 3.8) is 0 Å². The normalized spacial score (nSPS) is 10.9. The number of carbonyl (C=O) groups excluding carboxylic acids is 1. The molecule has 1 aromatic heterocycles. The third-order valence-electron chi connectivity index (χ3n) is 4.76. The minimum Gasteiger partial charge on any atom is -0.493 e. The van der Waals surface area contributed by atoms with E-state index in [4.69, 9.17) is 14.0 Å². The zero-order valence-corrected chi connectivity index (χ0v) is 17.7. The van der Waals surface area contributed by atoms with Crippen molar-refractivity contribution < 1.29 is 18.8 Å². The standard InChI is InChI=1S/C24H26N2O4/c1-16-5-7-20(8-6-16)14-25-24(27)12-10-19-9-11-22(23(13-19)28-4)29-15-21-17(2)26-30-18(21)3/h5-13H,14-15H2,1-4H3,(H,25,27). The molecule has 6 heteroatoms. The number of benzene rings is 2. The molecule has 6 nitrogen and oxygen atoms in total. The Morgan fingerprint density at radius 3 is 2.53 bits per heavy atom. The first-order valence-electron chi connectivity index (χ1n) is 9.70. The molecule has 3 rings (SSSR count). The summed E-state index contributed by atoms with van der Waals surface area (Å²) in [5, 5.41) is 6.81. The topological polar surface area (TPSA) is 73.6 Å². The fraction of sp³-hybridized carbons (Fsp3) is 0.250.